The Labute approximate surface area is 125 Å². The van der Waals surface area contributed by atoms with Crippen molar-refractivity contribution in [3.63, 3.8) is 0 Å². The van der Waals surface area contributed by atoms with Gasteiger partial charge in [0.25, 0.3) is 0 Å². The summed E-state index contributed by atoms with van der Waals surface area (Å²) in [5, 5.41) is 6.88. The molecule has 1 aromatic carbocycles. The van der Waals surface area contributed by atoms with Crippen LogP contribution in [0.25, 0.3) is 11.4 Å². The second-order valence-electron chi connectivity index (χ2n) is 4.82. The second kappa shape index (κ2) is 6.03. The van der Waals surface area contributed by atoms with Crippen LogP contribution in [-0.4, -0.2) is 23.2 Å². The van der Waals surface area contributed by atoms with Crippen LogP contribution in [0.4, 0.5) is 13.2 Å². The van der Waals surface area contributed by atoms with Gasteiger partial charge in [0.1, 0.15) is 0 Å². The van der Waals surface area contributed by atoms with Gasteiger partial charge in [0, 0.05) is 12.0 Å². The maximum atomic E-state index is 12.6. The minimum absolute atomic E-state index is 0. The van der Waals surface area contributed by atoms with Crippen LogP contribution >= 0.6 is 12.4 Å². The minimum atomic E-state index is -4.37. The monoisotopic (exact) mass is 319 g/mol. The molecule has 0 aliphatic carbocycles. The number of rotatable bonds is 3. The van der Waals surface area contributed by atoms with Crippen LogP contribution in [0, 0.1) is 5.92 Å². The van der Waals surface area contributed by atoms with Crippen LogP contribution < -0.4 is 5.32 Å². The second-order valence-corrected chi connectivity index (χ2v) is 4.82. The van der Waals surface area contributed by atoms with Gasteiger partial charge >= 0.3 is 6.18 Å². The van der Waals surface area contributed by atoms with Crippen molar-refractivity contribution in [2.75, 3.05) is 13.1 Å². The summed E-state index contributed by atoms with van der Waals surface area (Å²) in [7, 11) is 0. The summed E-state index contributed by atoms with van der Waals surface area (Å²) in [6.45, 7) is 1.81. The summed E-state index contributed by atoms with van der Waals surface area (Å²) in [4.78, 5) is 4.15. The lowest BCUT2D eigenvalue weighted by Crippen LogP contribution is -2.43. The minimum Gasteiger partial charge on any atom is -0.339 e. The van der Waals surface area contributed by atoms with E-state index in [1.165, 1.54) is 12.1 Å². The zero-order valence-corrected chi connectivity index (χ0v) is 11.7. The third kappa shape index (κ3) is 3.54. The summed E-state index contributed by atoms with van der Waals surface area (Å²) in [6.07, 6.45) is -3.72. The number of alkyl halides is 3. The molecule has 2 heterocycles. The van der Waals surface area contributed by atoms with Crippen molar-refractivity contribution in [3.8, 4) is 11.4 Å². The highest BCUT2D eigenvalue weighted by Crippen LogP contribution is 2.31. The molecule has 21 heavy (non-hydrogen) atoms. The van der Waals surface area contributed by atoms with Crippen molar-refractivity contribution in [2.24, 2.45) is 5.92 Å². The molecule has 0 atom stereocenters. The summed E-state index contributed by atoms with van der Waals surface area (Å²) < 4.78 is 43.0. The molecule has 2 aromatic rings. The molecular weight excluding hydrogens is 307 g/mol. The molecule has 1 N–H and O–H groups in total. The number of hydrogen-bond donors (Lipinski definition) is 1. The normalized spacial score (nSPS) is 15.4. The number of halogens is 4. The molecule has 1 aliphatic heterocycles. The fourth-order valence-corrected chi connectivity index (χ4v) is 2.03. The first-order valence-electron chi connectivity index (χ1n) is 6.23. The molecule has 1 aliphatic rings. The Bertz CT molecular complexity index is 611. The molecule has 0 radical (unpaired) electrons. The van der Waals surface area contributed by atoms with Crippen LogP contribution in [-0.2, 0) is 12.6 Å². The molecule has 0 unspecified atom stereocenters. The van der Waals surface area contributed by atoms with E-state index in [2.05, 4.69) is 15.5 Å². The van der Waals surface area contributed by atoms with Crippen LogP contribution in [0.2, 0.25) is 0 Å². The lowest BCUT2D eigenvalue weighted by molar-refractivity contribution is -0.137. The number of benzene rings is 1. The summed E-state index contributed by atoms with van der Waals surface area (Å²) in [5.41, 5.74) is -0.411. The van der Waals surface area contributed by atoms with Gasteiger partial charge in [0.15, 0.2) is 0 Å². The molecule has 0 saturated carbocycles. The molecule has 3 rings (SSSR count). The van der Waals surface area contributed by atoms with Crippen LogP contribution in [0.15, 0.2) is 28.8 Å². The highest BCUT2D eigenvalue weighted by atomic mass is 35.5. The predicted octanol–water partition coefficient (Wildman–Crippen LogP) is 2.94. The number of hydrogen-bond acceptors (Lipinski definition) is 4. The van der Waals surface area contributed by atoms with Crippen molar-refractivity contribution >= 4 is 12.4 Å². The van der Waals surface area contributed by atoms with Gasteiger partial charge in [-0.1, -0.05) is 17.3 Å². The van der Waals surface area contributed by atoms with Gasteiger partial charge in [-0.3, -0.25) is 0 Å². The Hall–Kier alpha value is -1.60. The van der Waals surface area contributed by atoms with E-state index in [4.69, 9.17) is 4.52 Å². The van der Waals surface area contributed by atoms with E-state index < -0.39 is 11.7 Å². The van der Waals surface area contributed by atoms with Crippen LogP contribution in [0.1, 0.15) is 11.5 Å². The lowest BCUT2D eigenvalue weighted by atomic mass is 10.00. The first-order valence-corrected chi connectivity index (χ1v) is 6.23. The number of nitrogens with zero attached hydrogens (tertiary/aromatic N) is 2. The average Bonchev–Trinajstić information content (AvgIpc) is 2.82. The van der Waals surface area contributed by atoms with E-state index in [0.717, 1.165) is 25.2 Å². The van der Waals surface area contributed by atoms with Gasteiger partial charge in [-0.15, -0.1) is 12.4 Å². The van der Waals surface area contributed by atoms with Crippen molar-refractivity contribution in [2.45, 2.75) is 12.6 Å². The first-order chi connectivity index (χ1) is 9.52. The number of nitrogens with one attached hydrogen (secondary N) is 1. The Morgan fingerprint density at radius 3 is 2.67 bits per heavy atom. The summed E-state index contributed by atoms with van der Waals surface area (Å²) >= 11 is 0. The molecule has 0 bridgehead atoms. The van der Waals surface area contributed by atoms with Gasteiger partial charge in [-0.25, -0.2) is 0 Å². The molecular formula is C13H13ClF3N3O. The predicted molar refractivity (Wildman–Crippen MR) is 72.0 cm³/mol. The molecule has 0 spiro atoms. The third-order valence-electron chi connectivity index (χ3n) is 3.25. The highest BCUT2D eigenvalue weighted by Gasteiger charge is 2.30. The summed E-state index contributed by atoms with van der Waals surface area (Å²) in [5.74, 6) is 1.12. The SMILES string of the molecule is Cl.FC(F)(F)c1cccc(-c2noc(CC3CNC3)n2)c1. The van der Waals surface area contributed by atoms with E-state index in [-0.39, 0.29) is 18.2 Å². The molecule has 8 heteroatoms. The Morgan fingerprint density at radius 1 is 1.29 bits per heavy atom. The van der Waals surface area contributed by atoms with Gasteiger partial charge in [-0.2, -0.15) is 18.2 Å². The van der Waals surface area contributed by atoms with E-state index in [9.17, 15) is 13.2 Å². The maximum Gasteiger partial charge on any atom is 0.416 e. The van der Waals surface area contributed by atoms with E-state index in [1.807, 2.05) is 0 Å². The molecule has 4 nitrogen and oxygen atoms in total. The molecule has 1 saturated heterocycles. The molecule has 1 aromatic heterocycles. The standard InChI is InChI=1S/C13H12F3N3O.ClH/c14-13(15,16)10-3-1-2-9(5-10)12-18-11(20-19-12)4-8-6-17-7-8;/h1-3,5,8,17H,4,6-7H2;1H. The zero-order chi connectivity index (χ0) is 14.2. The van der Waals surface area contributed by atoms with Gasteiger partial charge in [-0.05, 0) is 31.1 Å². The van der Waals surface area contributed by atoms with E-state index in [1.54, 1.807) is 0 Å². The zero-order valence-electron chi connectivity index (χ0n) is 10.9. The van der Waals surface area contributed by atoms with Crippen molar-refractivity contribution in [1.82, 2.24) is 15.5 Å². The third-order valence-corrected chi connectivity index (χ3v) is 3.25. The quantitative estimate of drug-likeness (QED) is 0.945. The van der Waals surface area contributed by atoms with Crippen LogP contribution in [0.3, 0.4) is 0 Å². The topological polar surface area (TPSA) is 51.0 Å². The average molecular weight is 320 g/mol. The fourth-order valence-electron chi connectivity index (χ4n) is 2.03. The van der Waals surface area contributed by atoms with Crippen molar-refractivity contribution < 1.29 is 17.7 Å². The highest BCUT2D eigenvalue weighted by molar-refractivity contribution is 5.85. The van der Waals surface area contributed by atoms with Gasteiger partial charge in [0.2, 0.25) is 11.7 Å². The smallest absolute Gasteiger partial charge is 0.339 e. The largest absolute Gasteiger partial charge is 0.416 e. The fraction of sp³-hybridized carbons (Fsp3) is 0.385. The van der Waals surface area contributed by atoms with Crippen LogP contribution in [0.5, 0.6) is 0 Å². The van der Waals surface area contributed by atoms with Crippen molar-refractivity contribution in [3.05, 3.63) is 35.7 Å². The Morgan fingerprint density at radius 2 is 2.05 bits per heavy atom. The van der Waals surface area contributed by atoms with Gasteiger partial charge < -0.3 is 9.84 Å². The first kappa shape index (κ1) is 15.8. The maximum absolute atomic E-state index is 12.6. The van der Waals surface area contributed by atoms with E-state index >= 15 is 0 Å². The molecule has 1 fully saturated rings. The Balaban J connectivity index is 0.00000161. The Kier molecular flexibility index (Phi) is 4.53. The summed E-state index contributed by atoms with van der Waals surface area (Å²) in [6, 6.07) is 4.92. The van der Waals surface area contributed by atoms with E-state index in [0.29, 0.717) is 23.8 Å². The van der Waals surface area contributed by atoms with Gasteiger partial charge in [0.05, 0.1) is 5.56 Å². The van der Waals surface area contributed by atoms with Crippen molar-refractivity contribution in [1.29, 1.82) is 0 Å². The molecule has 0 amide bonds. The number of aromatic nitrogens is 2. The molecule has 114 valence electrons. The lowest BCUT2D eigenvalue weighted by Gasteiger charge is -2.25.